The number of halogens is 7. The molecule has 3 aromatic carbocycles. The highest BCUT2D eigenvalue weighted by Gasteiger charge is 2.23. The molecule has 0 saturated carbocycles. The van der Waals surface area contributed by atoms with E-state index in [1.807, 2.05) is 6.92 Å². The van der Waals surface area contributed by atoms with E-state index >= 15 is 0 Å². The van der Waals surface area contributed by atoms with Crippen molar-refractivity contribution in [1.29, 1.82) is 0 Å². The highest BCUT2D eigenvalue weighted by molar-refractivity contribution is 5.72. The van der Waals surface area contributed by atoms with Crippen LogP contribution in [0.15, 0.2) is 54.6 Å². The summed E-state index contributed by atoms with van der Waals surface area (Å²) in [7, 11) is 0. The first-order valence-corrected chi connectivity index (χ1v) is 8.92. The molecule has 0 aliphatic rings. The van der Waals surface area contributed by atoms with E-state index in [4.69, 9.17) is 0 Å². The van der Waals surface area contributed by atoms with E-state index in [0.29, 0.717) is 6.42 Å². The molecule has 0 aromatic heterocycles. The van der Waals surface area contributed by atoms with Gasteiger partial charge in [-0.2, -0.15) is 13.2 Å². The van der Waals surface area contributed by atoms with Crippen LogP contribution in [-0.4, -0.2) is 6.18 Å². The molecule has 0 fully saturated rings. The maximum absolute atomic E-state index is 14.6. The summed E-state index contributed by atoms with van der Waals surface area (Å²) in [6.45, 7) is 1.87. The third kappa shape index (κ3) is 4.72. The van der Waals surface area contributed by atoms with Crippen molar-refractivity contribution in [3.8, 4) is 22.3 Å². The van der Waals surface area contributed by atoms with E-state index in [9.17, 15) is 30.7 Å². The van der Waals surface area contributed by atoms with Crippen LogP contribution in [0.3, 0.4) is 0 Å². The lowest BCUT2D eigenvalue weighted by Gasteiger charge is -2.10. The summed E-state index contributed by atoms with van der Waals surface area (Å²) in [5.74, 6) is -3.92. The Labute approximate surface area is 168 Å². The highest BCUT2D eigenvalue weighted by Crippen LogP contribution is 2.32. The average Bonchev–Trinajstić information content (AvgIpc) is 2.66. The molecule has 0 heterocycles. The maximum atomic E-state index is 14.6. The quantitative estimate of drug-likeness (QED) is 0.376. The number of hydrogen-bond acceptors (Lipinski definition) is 0. The van der Waals surface area contributed by atoms with Gasteiger partial charge in [-0.1, -0.05) is 31.2 Å². The summed E-state index contributed by atoms with van der Waals surface area (Å²) in [4.78, 5) is 0. The smallest absolute Gasteiger partial charge is 0.206 e. The van der Waals surface area contributed by atoms with E-state index in [1.54, 1.807) is 6.07 Å². The molecular weight excluding hydrogens is 409 g/mol. The van der Waals surface area contributed by atoms with Crippen LogP contribution >= 0.6 is 0 Å². The molecule has 0 spiro atoms. The van der Waals surface area contributed by atoms with Gasteiger partial charge in [-0.15, -0.1) is 0 Å². The van der Waals surface area contributed by atoms with Gasteiger partial charge in [-0.3, -0.25) is 0 Å². The van der Waals surface area contributed by atoms with E-state index in [0.717, 1.165) is 23.8 Å². The number of benzene rings is 3. The summed E-state index contributed by atoms with van der Waals surface area (Å²) < 4.78 is 93.9. The third-order valence-electron chi connectivity index (χ3n) is 4.55. The maximum Gasteiger partial charge on any atom is 0.409 e. The van der Waals surface area contributed by atoms with Crippen molar-refractivity contribution in [2.75, 3.05) is 0 Å². The van der Waals surface area contributed by atoms with Gasteiger partial charge in [0.05, 0.1) is 0 Å². The fourth-order valence-corrected chi connectivity index (χ4v) is 3.01. The van der Waals surface area contributed by atoms with Crippen molar-refractivity contribution in [1.82, 2.24) is 0 Å². The fourth-order valence-electron chi connectivity index (χ4n) is 3.01. The first-order valence-electron chi connectivity index (χ1n) is 8.92. The Balaban J connectivity index is 1.99. The molecular formula is C23H15F7. The van der Waals surface area contributed by atoms with Crippen LogP contribution in [0.2, 0.25) is 0 Å². The normalized spacial score (nSPS) is 12.0. The van der Waals surface area contributed by atoms with Gasteiger partial charge < -0.3 is 0 Å². The zero-order valence-electron chi connectivity index (χ0n) is 15.6. The average molecular weight is 424 g/mol. The summed E-state index contributed by atoms with van der Waals surface area (Å²) in [5, 5.41) is 0. The Kier molecular flexibility index (Phi) is 6.01. The first-order chi connectivity index (χ1) is 14.1. The second kappa shape index (κ2) is 8.34. The number of hydrogen-bond donors (Lipinski definition) is 0. The summed E-state index contributed by atoms with van der Waals surface area (Å²) in [6, 6.07) is 9.73. The van der Waals surface area contributed by atoms with E-state index < -0.39 is 35.0 Å². The largest absolute Gasteiger partial charge is 0.409 e. The van der Waals surface area contributed by atoms with Crippen LogP contribution < -0.4 is 0 Å². The zero-order valence-corrected chi connectivity index (χ0v) is 15.6. The minimum absolute atomic E-state index is 0.169. The van der Waals surface area contributed by atoms with Crippen molar-refractivity contribution in [2.24, 2.45) is 0 Å². The molecule has 0 atom stereocenters. The summed E-state index contributed by atoms with van der Waals surface area (Å²) in [6.07, 6.45) is -4.11. The molecule has 0 unspecified atom stereocenters. The van der Waals surface area contributed by atoms with Crippen molar-refractivity contribution in [3.63, 3.8) is 0 Å². The molecule has 0 N–H and O–H groups in total. The minimum atomic E-state index is -4.73. The van der Waals surface area contributed by atoms with Gasteiger partial charge in [0, 0.05) is 22.8 Å². The molecule has 0 saturated heterocycles. The molecule has 0 bridgehead atoms. The standard InChI is InChI=1S/C23H15F7/c1-2-13-3-5-16(19(24)9-13)14-4-6-17(20(25)10-14)15-11-21(26)18(22(27)12-15)7-8-23(28,29)30/h3-12H,2H2,1H3. The van der Waals surface area contributed by atoms with Crippen LogP contribution in [0, 0.1) is 23.3 Å². The Morgan fingerprint density at radius 3 is 1.77 bits per heavy atom. The van der Waals surface area contributed by atoms with E-state index in [-0.39, 0.29) is 34.4 Å². The Morgan fingerprint density at radius 1 is 0.700 bits per heavy atom. The SMILES string of the molecule is CCc1ccc(-c2ccc(-c3cc(F)c(C=CC(F)(F)F)c(F)c3)c(F)c2)c(F)c1. The second-order valence-corrected chi connectivity index (χ2v) is 6.59. The van der Waals surface area contributed by atoms with Gasteiger partial charge in [0.15, 0.2) is 0 Å². The molecule has 3 aromatic rings. The summed E-state index contributed by atoms with van der Waals surface area (Å²) >= 11 is 0. The Bertz CT molecular complexity index is 1090. The molecule has 0 amide bonds. The van der Waals surface area contributed by atoms with Gasteiger partial charge in [0.2, 0.25) is 0 Å². The van der Waals surface area contributed by atoms with Crippen LogP contribution in [0.5, 0.6) is 0 Å². The fraction of sp³-hybridized carbons (Fsp3) is 0.130. The Hall–Kier alpha value is -3.09. The lowest BCUT2D eigenvalue weighted by atomic mass is 9.97. The van der Waals surface area contributed by atoms with E-state index in [1.165, 1.54) is 24.3 Å². The van der Waals surface area contributed by atoms with Gasteiger partial charge >= 0.3 is 6.18 Å². The van der Waals surface area contributed by atoms with Gasteiger partial charge in [0.1, 0.15) is 23.3 Å². The van der Waals surface area contributed by atoms with Crippen molar-refractivity contribution in [2.45, 2.75) is 19.5 Å². The van der Waals surface area contributed by atoms with Gasteiger partial charge in [-0.25, -0.2) is 17.6 Å². The monoisotopic (exact) mass is 424 g/mol. The van der Waals surface area contributed by atoms with Crippen molar-refractivity contribution in [3.05, 3.63) is 89.0 Å². The topological polar surface area (TPSA) is 0 Å². The van der Waals surface area contributed by atoms with Crippen LogP contribution in [-0.2, 0) is 6.42 Å². The number of alkyl halides is 3. The molecule has 0 nitrogen and oxygen atoms in total. The van der Waals surface area contributed by atoms with E-state index in [2.05, 4.69) is 0 Å². The van der Waals surface area contributed by atoms with Gasteiger partial charge in [-0.05, 0) is 53.5 Å². The van der Waals surface area contributed by atoms with Crippen LogP contribution in [0.25, 0.3) is 28.3 Å². The first kappa shape index (κ1) is 21.6. The van der Waals surface area contributed by atoms with Crippen molar-refractivity contribution >= 4 is 6.08 Å². The predicted octanol–water partition coefficient (Wildman–Crippen LogP) is 7.71. The molecule has 0 aliphatic carbocycles. The molecule has 156 valence electrons. The Morgan fingerprint density at radius 2 is 1.23 bits per heavy atom. The molecule has 0 radical (unpaired) electrons. The number of rotatable bonds is 4. The predicted molar refractivity (Wildman–Crippen MR) is 102 cm³/mol. The van der Waals surface area contributed by atoms with Gasteiger partial charge in [0.25, 0.3) is 0 Å². The molecule has 30 heavy (non-hydrogen) atoms. The number of allylic oxidation sites excluding steroid dienone is 1. The lowest BCUT2D eigenvalue weighted by Crippen LogP contribution is -2.01. The molecule has 0 aliphatic heterocycles. The molecule has 3 rings (SSSR count). The minimum Gasteiger partial charge on any atom is -0.206 e. The second-order valence-electron chi connectivity index (χ2n) is 6.59. The molecule has 7 heteroatoms. The van der Waals surface area contributed by atoms with Crippen LogP contribution in [0.1, 0.15) is 18.1 Å². The van der Waals surface area contributed by atoms with Crippen molar-refractivity contribution < 1.29 is 30.7 Å². The third-order valence-corrected chi connectivity index (χ3v) is 4.55. The lowest BCUT2D eigenvalue weighted by molar-refractivity contribution is -0.0790. The zero-order chi connectivity index (χ0) is 22.1. The number of aryl methyl sites for hydroxylation is 1. The highest BCUT2D eigenvalue weighted by atomic mass is 19.4. The van der Waals surface area contributed by atoms with Crippen LogP contribution in [0.4, 0.5) is 30.7 Å². The summed E-state index contributed by atoms with van der Waals surface area (Å²) in [5.41, 5.74) is -0.0663.